The average Bonchev–Trinajstić information content (AvgIpc) is 3.62. The topological polar surface area (TPSA) is 105 Å². The van der Waals surface area contributed by atoms with E-state index in [2.05, 4.69) is 20.4 Å². The largest absolute Gasteiger partial charge is 0.419 e. The van der Waals surface area contributed by atoms with Crippen LogP contribution in [0.15, 0.2) is 98.6 Å². The number of imidazole rings is 1. The lowest BCUT2D eigenvalue weighted by Gasteiger charge is -1.99. The molecule has 0 spiro atoms. The molecule has 0 unspecified atom stereocenters. The van der Waals surface area contributed by atoms with Gasteiger partial charge in [-0.3, -0.25) is 9.13 Å². The highest BCUT2D eigenvalue weighted by Gasteiger charge is 2.18. The molecule has 0 atom stereocenters. The molecule has 34 heavy (non-hydrogen) atoms. The minimum atomic E-state index is -0.236. The van der Waals surface area contributed by atoms with Gasteiger partial charge >= 0.3 is 5.69 Å². The van der Waals surface area contributed by atoms with Crippen LogP contribution >= 0.6 is 0 Å². The zero-order valence-corrected chi connectivity index (χ0v) is 17.9. The molecule has 6 aromatic rings. The Morgan fingerprint density at radius 1 is 0.559 bits per heavy atom. The van der Waals surface area contributed by atoms with Gasteiger partial charge in [0.2, 0.25) is 23.6 Å². The predicted molar refractivity (Wildman–Crippen MR) is 124 cm³/mol. The molecule has 9 heteroatoms. The summed E-state index contributed by atoms with van der Waals surface area (Å²) in [6.07, 6.45) is 0. The van der Waals surface area contributed by atoms with Gasteiger partial charge in [-0.1, -0.05) is 48.5 Å². The molecule has 166 valence electrons. The highest BCUT2D eigenvalue weighted by Crippen LogP contribution is 2.21. The maximum Gasteiger partial charge on any atom is 0.330 e. The average molecular weight is 450 g/mol. The molecule has 0 amide bonds. The van der Waals surface area contributed by atoms with Gasteiger partial charge in [0.1, 0.15) is 13.1 Å². The third-order valence-electron chi connectivity index (χ3n) is 5.49. The van der Waals surface area contributed by atoms with Crippen LogP contribution in [0.5, 0.6) is 0 Å². The minimum absolute atomic E-state index is 0.144. The van der Waals surface area contributed by atoms with E-state index < -0.39 is 0 Å². The van der Waals surface area contributed by atoms with Crippen molar-refractivity contribution in [3.05, 3.63) is 107 Å². The normalized spacial score (nSPS) is 11.3. The van der Waals surface area contributed by atoms with Gasteiger partial charge in [-0.25, -0.2) is 4.79 Å². The van der Waals surface area contributed by atoms with E-state index in [0.717, 1.165) is 22.2 Å². The summed E-state index contributed by atoms with van der Waals surface area (Å²) >= 11 is 0. The number of aromatic nitrogens is 6. The first-order valence-electron chi connectivity index (χ1n) is 10.7. The molecule has 0 saturated carbocycles. The van der Waals surface area contributed by atoms with Gasteiger partial charge in [-0.15, -0.1) is 20.4 Å². The van der Waals surface area contributed by atoms with Gasteiger partial charge in [-0.05, 0) is 36.4 Å². The summed E-state index contributed by atoms with van der Waals surface area (Å²) < 4.78 is 14.9. The fourth-order valence-electron chi connectivity index (χ4n) is 3.88. The Hall–Kier alpha value is -4.79. The molecular weight excluding hydrogens is 432 g/mol. The van der Waals surface area contributed by atoms with Crippen molar-refractivity contribution in [2.45, 2.75) is 13.1 Å². The highest BCUT2D eigenvalue weighted by molar-refractivity contribution is 5.76. The first-order chi connectivity index (χ1) is 16.8. The van der Waals surface area contributed by atoms with Gasteiger partial charge in [0.25, 0.3) is 0 Å². The Bertz CT molecular complexity index is 1510. The lowest BCUT2D eigenvalue weighted by atomic mass is 10.2. The summed E-state index contributed by atoms with van der Waals surface area (Å²) in [4.78, 5) is 13.4. The third-order valence-corrected chi connectivity index (χ3v) is 5.49. The maximum absolute atomic E-state index is 13.4. The lowest BCUT2D eigenvalue weighted by Crippen LogP contribution is -2.25. The molecule has 0 radical (unpaired) electrons. The van der Waals surface area contributed by atoms with Crippen LogP contribution in [0.1, 0.15) is 11.8 Å². The number of nitrogens with zero attached hydrogens (tertiary/aromatic N) is 6. The number of fused-ring (bicyclic) bond motifs is 1. The highest BCUT2D eigenvalue weighted by atomic mass is 16.4. The molecule has 0 aliphatic heterocycles. The van der Waals surface area contributed by atoms with Crippen molar-refractivity contribution in [2.24, 2.45) is 0 Å². The zero-order chi connectivity index (χ0) is 22.9. The van der Waals surface area contributed by atoms with Gasteiger partial charge < -0.3 is 8.83 Å². The van der Waals surface area contributed by atoms with E-state index in [0.29, 0.717) is 23.6 Å². The second-order valence-corrected chi connectivity index (χ2v) is 7.68. The maximum atomic E-state index is 13.4. The van der Waals surface area contributed by atoms with Crippen molar-refractivity contribution in [1.82, 2.24) is 29.5 Å². The fraction of sp³-hybridized carbons (Fsp3) is 0.0800. The molecule has 0 saturated heterocycles. The molecule has 0 bridgehead atoms. The third kappa shape index (κ3) is 3.58. The van der Waals surface area contributed by atoms with E-state index in [4.69, 9.17) is 8.83 Å². The van der Waals surface area contributed by atoms with Crippen molar-refractivity contribution in [2.75, 3.05) is 0 Å². The van der Waals surface area contributed by atoms with Crippen LogP contribution in [-0.2, 0) is 13.1 Å². The van der Waals surface area contributed by atoms with Crippen LogP contribution in [0, 0.1) is 0 Å². The number of para-hydroxylation sites is 2. The summed E-state index contributed by atoms with van der Waals surface area (Å²) in [6.45, 7) is 0.288. The quantitative estimate of drug-likeness (QED) is 0.378. The summed E-state index contributed by atoms with van der Waals surface area (Å²) in [6, 6.07) is 26.5. The predicted octanol–water partition coefficient (Wildman–Crippen LogP) is 4.00. The van der Waals surface area contributed by atoms with Crippen LogP contribution in [0.25, 0.3) is 33.9 Å². The minimum Gasteiger partial charge on any atom is -0.419 e. The first kappa shape index (κ1) is 19.9. The molecule has 9 nitrogen and oxygen atoms in total. The van der Waals surface area contributed by atoms with Gasteiger partial charge in [0.15, 0.2) is 0 Å². The Labute approximate surface area is 192 Å². The van der Waals surface area contributed by atoms with Crippen LogP contribution in [0.4, 0.5) is 0 Å². The smallest absolute Gasteiger partial charge is 0.330 e. The zero-order valence-electron chi connectivity index (χ0n) is 17.9. The second kappa shape index (κ2) is 8.28. The van der Waals surface area contributed by atoms with Crippen molar-refractivity contribution < 1.29 is 8.83 Å². The summed E-state index contributed by atoms with van der Waals surface area (Å²) in [7, 11) is 0. The van der Waals surface area contributed by atoms with Gasteiger partial charge in [-0.2, -0.15) is 0 Å². The Morgan fingerprint density at radius 3 is 1.41 bits per heavy atom. The van der Waals surface area contributed by atoms with Crippen molar-refractivity contribution >= 4 is 11.0 Å². The molecule has 3 heterocycles. The second-order valence-electron chi connectivity index (χ2n) is 7.68. The Morgan fingerprint density at radius 2 is 0.971 bits per heavy atom. The summed E-state index contributed by atoms with van der Waals surface area (Å²) in [5.74, 6) is 1.50. The van der Waals surface area contributed by atoms with Crippen LogP contribution in [0.2, 0.25) is 0 Å². The molecule has 6 rings (SSSR count). The molecule has 3 aromatic carbocycles. The molecule has 0 N–H and O–H groups in total. The number of benzene rings is 3. The van der Waals surface area contributed by atoms with E-state index >= 15 is 0 Å². The van der Waals surface area contributed by atoms with Crippen molar-refractivity contribution in [3.8, 4) is 22.9 Å². The first-order valence-corrected chi connectivity index (χ1v) is 10.7. The Balaban J connectivity index is 1.34. The van der Waals surface area contributed by atoms with Gasteiger partial charge in [0.05, 0.1) is 11.0 Å². The number of hydrogen-bond donors (Lipinski definition) is 0. The standard InChI is InChI=1S/C25H18N6O3/c32-25-30(15-21-26-28-23(33-21)17-9-3-1-4-10-17)19-13-7-8-14-20(19)31(25)16-22-27-29-24(34-22)18-11-5-2-6-12-18/h1-14H,15-16H2. The summed E-state index contributed by atoms with van der Waals surface area (Å²) in [5.41, 5.74) is 2.90. The van der Waals surface area contributed by atoms with Crippen molar-refractivity contribution in [3.63, 3.8) is 0 Å². The van der Waals surface area contributed by atoms with E-state index in [1.54, 1.807) is 9.13 Å². The summed E-state index contributed by atoms with van der Waals surface area (Å²) in [5, 5.41) is 16.5. The SMILES string of the molecule is O=c1n(Cc2nnc(-c3ccccc3)o2)c2ccccc2n1Cc1nnc(-c2ccccc2)o1. The lowest BCUT2D eigenvalue weighted by molar-refractivity contribution is 0.473. The fourth-order valence-corrected chi connectivity index (χ4v) is 3.88. The van der Waals surface area contributed by atoms with Crippen LogP contribution < -0.4 is 5.69 Å². The van der Waals surface area contributed by atoms with Crippen molar-refractivity contribution in [1.29, 1.82) is 0 Å². The number of rotatable bonds is 6. The van der Waals surface area contributed by atoms with E-state index in [1.165, 1.54) is 0 Å². The molecule has 0 fully saturated rings. The van der Waals surface area contributed by atoms with E-state index in [1.807, 2.05) is 84.9 Å². The molecule has 3 aromatic heterocycles. The Kier molecular flexibility index (Phi) is 4.84. The number of hydrogen-bond acceptors (Lipinski definition) is 7. The van der Waals surface area contributed by atoms with Crippen LogP contribution in [0.3, 0.4) is 0 Å². The van der Waals surface area contributed by atoms with Crippen LogP contribution in [-0.4, -0.2) is 29.5 Å². The van der Waals surface area contributed by atoms with E-state index in [9.17, 15) is 4.79 Å². The van der Waals surface area contributed by atoms with E-state index in [-0.39, 0.29) is 18.8 Å². The molecule has 0 aliphatic carbocycles. The monoisotopic (exact) mass is 450 g/mol. The molecular formula is C25H18N6O3. The molecule has 0 aliphatic rings. The van der Waals surface area contributed by atoms with Gasteiger partial charge in [0, 0.05) is 11.1 Å².